The number of hydrogen-bond acceptors (Lipinski definition) is 9. The molecule has 0 atom stereocenters. The van der Waals surface area contributed by atoms with Crippen molar-refractivity contribution in [3.63, 3.8) is 0 Å². The molecule has 0 aromatic carbocycles. The van der Waals surface area contributed by atoms with Gasteiger partial charge in [0.2, 0.25) is 5.84 Å². The Morgan fingerprint density at radius 1 is 1.44 bits per heavy atom. The standard InChI is InChI=1S/C13H10ClN5O5S/c14-13-16-6-9(25-13)7-17-4-3-15-12(17)10(18(20)21)5-8-1-2-11(24-8)19(22)23/h1-2,5-6H,3-4,7H2/b10-5+. The molecule has 0 saturated heterocycles. The largest absolute Gasteiger partial charge is 0.433 e. The Labute approximate surface area is 149 Å². The summed E-state index contributed by atoms with van der Waals surface area (Å²) >= 11 is 7.08. The average Bonchev–Trinajstić information content (AvgIpc) is 3.26. The first-order valence-electron chi connectivity index (χ1n) is 6.94. The Kier molecular flexibility index (Phi) is 4.76. The lowest BCUT2D eigenvalue weighted by molar-refractivity contribution is -0.414. The van der Waals surface area contributed by atoms with Crippen LogP contribution in [0.1, 0.15) is 10.6 Å². The molecule has 3 rings (SSSR count). The molecule has 1 aliphatic rings. The van der Waals surface area contributed by atoms with Crippen molar-refractivity contribution >= 4 is 40.7 Å². The number of thiazole rings is 1. The molecule has 2 aromatic heterocycles. The van der Waals surface area contributed by atoms with Gasteiger partial charge in [0.25, 0.3) is 0 Å². The molecule has 0 radical (unpaired) electrons. The van der Waals surface area contributed by atoms with Crippen LogP contribution in [0.25, 0.3) is 6.08 Å². The van der Waals surface area contributed by atoms with Gasteiger partial charge in [0.05, 0.1) is 30.2 Å². The van der Waals surface area contributed by atoms with E-state index in [9.17, 15) is 20.2 Å². The van der Waals surface area contributed by atoms with E-state index in [4.69, 9.17) is 16.0 Å². The van der Waals surface area contributed by atoms with Crippen molar-refractivity contribution in [3.8, 4) is 0 Å². The van der Waals surface area contributed by atoms with Crippen LogP contribution in [0.3, 0.4) is 0 Å². The lowest BCUT2D eigenvalue weighted by Gasteiger charge is -2.17. The second-order valence-electron chi connectivity index (χ2n) is 4.93. The highest BCUT2D eigenvalue weighted by Gasteiger charge is 2.30. The summed E-state index contributed by atoms with van der Waals surface area (Å²) in [6, 6.07) is 2.43. The zero-order valence-electron chi connectivity index (χ0n) is 12.5. The number of aliphatic imine (C=N–C) groups is 1. The Hall–Kier alpha value is -2.79. The summed E-state index contributed by atoms with van der Waals surface area (Å²) in [6.45, 7) is 1.30. The Morgan fingerprint density at radius 2 is 2.24 bits per heavy atom. The smallest absolute Gasteiger partial charge is 0.401 e. The molecule has 0 N–H and O–H groups in total. The first-order valence-corrected chi connectivity index (χ1v) is 8.14. The summed E-state index contributed by atoms with van der Waals surface area (Å²) in [6.07, 6.45) is 2.73. The lowest BCUT2D eigenvalue weighted by Crippen LogP contribution is -2.30. The van der Waals surface area contributed by atoms with E-state index in [-0.39, 0.29) is 17.3 Å². The topological polar surface area (TPSA) is 128 Å². The third-order valence-corrected chi connectivity index (χ3v) is 4.40. The molecular formula is C13H10ClN5O5S. The highest BCUT2D eigenvalue weighted by Crippen LogP contribution is 2.24. The van der Waals surface area contributed by atoms with Crippen molar-refractivity contribution in [2.75, 3.05) is 13.1 Å². The van der Waals surface area contributed by atoms with Crippen molar-refractivity contribution < 1.29 is 14.3 Å². The number of aromatic nitrogens is 1. The van der Waals surface area contributed by atoms with Gasteiger partial charge in [-0.25, -0.2) is 4.98 Å². The van der Waals surface area contributed by atoms with Gasteiger partial charge < -0.3 is 9.32 Å². The second kappa shape index (κ2) is 6.99. The van der Waals surface area contributed by atoms with Crippen LogP contribution in [0.4, 0.5) is 5.88 Å². The fraction of sp³-hybridized carbons (Fsp3) is 0.231. The number of furan rings is 1. The monoisotopic (exact) mass is 383 g/mol. The number of halogens is 1. The van der Waals surface area contributed by atoms with Crippen LogP contribution >= 0.6 is 22.9 Å². The van der Waals surface area contributed by atoms with E-state index < -0.39 is 15.7 Å². The normalized spacial score (nSPS) is 14.7. The molecule has 0 amide bonds. The first kappa shape index (κ1) is 17.0. The minimum Gasteiger partial charge on any atom is -0.401 e. The minimum atomic E-state index is -0.712. The minimum absolute atomic E-state index is 0.00813. The van der Waals surface area contributed by atoms with Gasteiger partial charge in [-0.3, -0.25) is 25.2 Å². The third kappa shape index (κ3) is 3.83. The molecule has 130 valence electrons. The molecule has 12 heteroatoms. The molecule has 0 saturated carbocycles. The van der Waals surface area contributed by atoms with Crippen LogP contribution in [-0.2, 0) is 6.54 Å². The molecule has 10 nitrogen and oxygen atoms in total. The van der Waals surface area contributed by atoms with Gasteiger partial charge in [0.1, 0.15) is 10.7 Å². The van der Waals surface area contributed by atoms with Crippen LogP contribution < -0.4 is 0 Å². The predicted molar refractivity (Wildman–Crippen MR) is 90.2 cm³/mol. The van der Waals surface area contributed by atoms with E-state index in [0.717, 1.165) is 17.0 Å². The molecule has 3 heterocycles. The maximum atomic E-state index is 11.5. The quantitative estimate of drug-likeness (QED) is 0.554. The summed E-state index contributed by atoms with van der Waals surface area (Å²) in [4.78, 5) is 31.5. The summed E-state index contributed by atoms with van der Waals surface area (Å²) in [5, 5.41) is 22.1. The van der Waals surface area contributed by atoms with Gasteiger partial charge in [-0.15, -0.1) is 11.3 Å². The molecule has 0 spiro atoms. The van der Waals surface area contributed by atoms with Crippen molar-refractivity contribution in [1.82, 2.24) is 9.88 Å². The lowest BCUT2D eigenvalue weighted by atomic mass is 10.3. The third-order valence-electron chi connectivity index (χ3n) is 3.30. The SMILES string of the molecule is O=[N+]([O-])/C(=C/c1ccc([N+](=O)[O-])o1)C1=NCCN1Cc1cnc(Cl)s1. The van der Waals surface area contributed by atoms with Crippen LogP contribution in [0, 0.1) is 20.2 Å². The molecule has 0 aliphatic carbocycles. The van der Waals surface area contributed by atoms with Crippen LogP contribution in [0.5, 0.6) is 0 Å². The van der Waals surface area contributed by atoms with Crippen LogP contribution in [0.15, 0.2) is 33.4 Å². The fourth-order valence-electron chi connectivity index (χ4n) is 2.28. The van der Waals surface area contributed by atoms with Crippen LogP contribution in [-0.4, -0.2) is 38.7 Å². The maximum absolute atomic E-state index is 11.5. The summed E-state index contributed by atoms with van der Waals surface area (Å²) in [5.41, 5.74) is -0.294. The van der Waals surface area contributed by atoms with E-state index >= 15 is 0 Å². The molecule has 25 heavy (non-hydrogen) atoms. The zero-order chi connectivity index (χ0) is 18.0. The zero-order valence-corrected chi connectivity index (χ0v) is 14.1. The van der Waals surface area contributed by atoms with E-state index in [2.05, 4.69) is 9.98 Å². The average molecular weight is 384 g/mol. The second-order valence-corrected chi connectivity index (χ2v) is 6.62. The Bertz CT molecular complexity index is 889. The predicted octanol–water partition coefficient (Wildman–Crippen LogP) is 2.83. The summed E-state index contributed by atoms with van der Waals surface area (Å²) in [7, 11) is 0. The van der Waals surface area contributed by atoms with Gasteiger partial charge in [0, 0.05) is 17.6 Å². The van der Waals surface area contributed by atoms with Crippen LogP contribution in [0.2, 0.25) is 4.47 Å². The van der Waals surface area contributed by atoms with Crippen molar-refractivity contribution in [3.05, 3.63) is 59.4 Å². The van der Waals surface area contributed by atoms with Crippen molar-refractivity contribution in [2.24, 2.45) is 4.99 Å². The first-order chi connectivity index (χ1) is 11.9. The Morgan fingerprint density at radius 3 is 2.84 bits per heavy atom. The molecular weight excluding hydrogens is 374 g/mol. The number of hydrogen-bond donors (Lipinski definition) is 0. The Balaban J connectivity index is 1.86. The summed E-state index contributed by atoms with van der Waals surface area (Å²) < 4.78 is 5.35. The van der Waals surface area contributed by atoms with E-state index in [1.54, 1.807) is 11.1 Å². The van der Waals surface area contributed by atoms with E-state index in [1.807, 2.05) is 0 Å². The number of nitro groups is 2. The van der Waals surface area contributed by atoms with Gasteiger partial charge in [-0.2, -0.15) is 0 Å². The number of nitrogens with zero attached hydrogens (tertiary/aromatic N) is 5. The molecule has 0 fully saturated rings. The highest BCUT2D eigenvalue weighted by atomic mass is 35.5. The van der Waals surface area contributed by atoms with E-state index in [0.29, 0.717) is 24.1 Å². The van der Waals surface area contributed by atoms with Crippen molar-refractivity contribution in [2.45, 2.75) is 6.54 Å². The highest BCUT2D eigenvalue weighted by molar-refractivity contribution is 7.15. The maximum Gasteiger partial charge on any atom is 0.433 e. The molecule has 2 aromatic rings. The molecule has 0 bridgehead atoms. The van der Waals surface area contributed by atoms with Gasteiger partial charge in [0.15, 0.2) is 4.47 Å². The number of rotatable bonds is 6. The molecule has 0 unspecified atom stereocenters. The number of amidine groups is 1. The van der Waals surface area contributed by atoms with E-state index in [1.165, 1.54) is 17.4 Å². The van der Waals surface area contributed by atoms with Gasteiger partial charge in [-0.1, -0.05) is 11.6 Å². The van der Waals surface area contributed by atoms with Gasteiger partial charge in [-0.05, 0) is 6.07 Å². The fourth-order valence-corrected chi connectivity index (χ4v) is 3.27. The van der Waals surface area contributed by atoms with Gasteiger partial charge >= 0.3 is 11.6 Å². The molecule has 1 aliphatic heterocycles. The summed E-state index contributed by atoms with van der Waals surface area (Å²) in [5.74, 6) is -0.291. The van der Waals surface area contributed by atoms with Crippen molar-refractivity contribution in [1.29, 1.82) is 0 Å².